The van der Waals surface area contributed by atoms with Crippen molar-refractivity contribution in [2.75, 3.05) is 31.2 Å². The van der Waals surface area contributed by atoms with Gasteiger partial charge in [0.25, 0.3) is 0 Å². The Balaban J connectivity index is 1.44. The number of anilines is 1. The van der Waals surface area contributed by atoms with Gasteiger partial charge in [0.05, 0.1) is 12.3 Å². The molecule has 5 heteroatoms. The van der Waals surface area contributed by atoms with E-state index in [4.69, 9.17) is 9.47 Å². The van der Waals surface area contributed by atoms with E-state index in [1.165, 1.54) is 5.56 Å². The molecule has 1 atom stereocenters. The molecule has 0 radical (unpaired) electrons. The van der Waals surface area contributed by atoms with Crippen LogP contribution in [0.1, 0.15) is 12.0 Å². The lowest BCUT2D eigenvalue weighted by Gasteiger charge is -2.26. The highest BCUT2D eigenvalue weighted by atomic mass is 16.5. The molecule has 1 aliphatic heterocycles. The first-order chi connectivity index (χ1) is 12.7. The number of aliphatic hydroxyl groups is 1. The molecule has 0 bridgehead atoms. The summed E-state index contributed by atoms with van der Waals surface area (Å²) in [6, 6.07) is 14.1. The van der Waals surface area contributed by atoms with Gasteiger partial charge >= 0.3 is 0 Å². The fourth-order valence-corrected chi connectivity index (χ4v) is 3.42. The number of β-amino-alcohol motifs (C(OH)–C–C–N with tert-alkyl or cyclic N) is 1. The largest absolute Gasteiger partial charge is 0.491 e. The first-order valence-electron chi connectivity index (χ1n) is 9.06. The molecule has 2 heterocycles. The van der Waals surface area contributed by atoms with E-state index in [1.54, 1.807) is 0 Å². The number of aromatic amines is 1. The van der Waals surface area contributed by atoms with Crippen LogP contribution in [-0.4, -0.2) is 42.5 Å². The summed E-state index contributed by atoms with van der Waals surface area (Å²) in [6.45, 7) is 4.40. The molecule has 3 aromatic rings. The average Bonchev–Trinajstić information content (AvgIpc) is 3.04. The van der Waals surface area contributed by atoms with E-state index in [9.17, 15) is 5.11 Å². The molecule has 0 unspecified atom stereocenters. The Kier molecular flexibility index (Phi) is 4.71. The highest BCUT2D eigenvalue weighted by Crippen LogP contribution is 2.32. The molecule has 4 rings (SSSR count). The molecular formula is C21H24N2O3. The second-order valence-corrected chi connectivity index (χ2v) is 6.78. The van der Waals surface area contributed by atoms with Gasteiger partial charge in [0.15, 0.2) is 0 Å². The van der Waals surface area contributed by atoms with Crippen LogP contribution in [-0.2, 0) is 0 Å². The molecule has 2 aromatic carbocycles. The number of rotatable bonds is 5. The summed E-state index contributed by atoms with van der Waals surface area (Å²) >= 11 is 0. The number of aromatic nitrogens is 1. The van der Waals surface area contributed by atoms with Gasteiger partial charge in [-0.1, -0.05) is 12.1 Å². The lowest BCUT2D eigenvalue weighted by atomic mass is 10.1. The van der Waals surface area contributed by atoms with Gasteiger partial charge in [-0.2, -0.15) is 0 Å². The number of benzene rings is 2. The monoisotopic (exact) mass is 352 g/mol. The van der Waals surface area contributed by atoms with Crippen molar-refractivity contribution in [2.45, 2.75) is 19.4 Å². The Hall–Kier alpha value is -2.66. The zero-order valence-electron chi connectivity index (χ0n) is 14.9. The van der Waals surface area contributed by atoms with E-state index < -0.39 is 6.10 Å². The van der Waals surface area contributed by atoms with E-state index in [2.05, 4.69) is 28.9 Å². The number of aliphatic hydroxyl groups excluding tert-OH is 1. The third-order valence-corrected chi connectivity index (χ3v) is 4.70. The van der Waals surface area contributed by atoms with Crippen LogP contribution in [0.15, 0.2) is 48.7 Å². The molecule has 26 heavy (non-hydrogen) atoms. The van der Waals surface area contributed by atoms with Gasteiger partial charge in [-0.15, -0.1) is 0 Å². The van der Waals surface area contributed by atoms with Crippen molar-refractivity contribution in [3.63, 3.8) is 0 Å². The van der Waals surface area contributed by atoms with Crippen molar-refractivity contribution in [2.24, 2.45) is 0 Å². The van der Waals surface area contributed by atoms with Crippen molar-refractivity contribution in [3.05, 3.63) is 54.2 Å². The van der Waals surface area contributed by atoms with Crippen molar-refractivity contribution in [1.29, 1.82) is 0 Å². The predicted molar refractivity (Wildman–Crippen MR) is 103 cm³/mol. The van der Waals surface area contributed by atoms with Crippen molar-refractivity contribution in [3.8, 4) is 11.5 Å². The number of ether oxygens (including phenoxy) is 2. The summed E-state index contributed by atoms with van der Waals surface area (Å²) in [6.07, 6.45) is 2.24. The number of H-pyrrole nitrogens is 1. The highest BCUT2D eigenvalue weighted by molar-refractivity contribution is 5.85. The molecule has 136 valence electrons. The zero-order chi connectivity index (χ0) is 17.9. The lowest BCUT2D eigenvalue weighted by Crippen LogP contribution is -2.36. The van der Waals surface area contributed by atoms with E-state index in [-0.39, 0.29) is 6.61 Å². The van der Waals surface area contributed by atoms with Crippen LogP contribution in [0.3, 0.4) is 0 Å². The molecule has 0 aliphatic carbocycles. The SMILES string of the molecule is Cc1ccc2c(c1)N(C[C@H](O)COc1cccc3[nH]ccc13)CCCO2. The second-order valence-electron chi connectivity index (χ2n) is 6.78. The maximum absolute atomic E-state index is 10.6. The summed E-state index contributed by atoms with van der Waals surface area (Å²) in [5.41, 5.74) is 3.27. The quantitative estimate of drug-likeness (QED) is 0.738. The van der Waals surface area contributed by atoms with E-state index >= 15 is 0 Å². The molecule has 0 amide bonds. The standard InChI is InChI=1S/C21H24N2O3/c1-15-6-7-21-19(12-15)23(10-3-11-25-21)13-16(24)14-26-20-5-2-4-18-17(20)8-9-22-18/h2,4-9,12,16,22,24H,3,10-11,13-14H2,1H3/t16-/m0/s1. The topological polar surface area (TPSA) is 57.7 Å². The number of nitrogens with zero attached hydrogens (tertiary/aromatic N) is 1. The highest BCUT2D eigenvalue weighted by Gasteiger charge is 2.20. The van der Waals surface area contributed by atoms with E-state index in [0.717, 1.165) is 41.1 Å². The smallest absolute Gasteiger partial charge is 0.142 e. The van der Waals surface area contributed by atoms with Gasteiger partial charge in [0.2, 0.25) is 0 Å². The minimum Gasteiger partial charge on any atom is -0.491 e. The third-order valence-electron chi connectivity index (χ3n) is 4.70. The first kappa shape index (κ1) is 16.8. The summed E-state index contributed by atoms with van der Waals surface area (Å²) in [5.74, 6) is 1.68. The Bertz CT molecular complexity index is 890. The van der Waals surface area contributed by atoms with Crippen LogP contribution < -0.4 is 14.4 Å². The van der Waals surface area contributed by atoms with Crippen LogP contribution in [0.25, 0.3) is 10.9 Å². The third kappa shape index (κ3) is 3.48. The molecule has 0 fully saturated rings. The molecule has 0 spiro atoms. The first-order valence-corrected chi connectivity index (χ1v) is 9.06. The van der Waals surface area contributed by atoms with Crippen LogP contribution >= 0.6 is 0 Å². The van der Waals surface area contributed by atoms with Gasteiger partial charge in [0, 0.05) is 30.2 Å². The maximum Gasteiger partial charge on any atom is 0.142 e. The fraction of sp³-hybridized carbons (Fsp3) is 0.333. The van der Waals surface area contributed by atoms with Gasteiger partial charge < -0.3 is 24.5 Å². The molecule has 0 saturated heterocycles. The van der Waals surface area contributed by atoms with Gasteiger partial charge in [-0.3, -0.25) is 0 Å². The zero-order valence-corrected chi connectivity index (χ0v) is 14.9. The van der Waals surface area contributed by atoms with Crippen LogP contribution in [0, 0.1) is 6.92 Å². The second kappa shape index (κ2) is 7.30. The number of nitrogens with one attached hydrogen (secondary N) is 1. The predicted octanol–water partition coefficient (Wildman–Crippen LogP) is 3.51. The Morgan fingerprint density at radius 1 is 1.27 bits per heavy atom. The Morgan fingerprint density at radius 3 is 3.12 bits per heavy atom. The minimum absolute atomic E-state index is 0.253. The average molecular weight is 352 g/mol. The molecule has 2 N–H and O–H groups in total. The van der Waals surface area contributed by atoms with Crippen molar-refractivity contribution < 1.29 is 14.6 Å². The molecular weight excluding hydrogens is 328 g/mol. The van der Waals surface area contributed by atoms with Crippen LogP contribution in [0.4, 0.5) is 5.69 Å². The normalized spacial score (nSPS) is 15.2. The van der Waals surface area contributed by atoms with Crippen molar-refractivity contribution in [1.82, 2.24) is 4.98 Å². The number of hydrogen-bond donors (Lipinski definition) is 2. The van der Waals surface area contributed by atoms with Gasteiger partial charge in [-0.25, -0.2) is 0 Å². The number of fused-ring (bicyclic) bond motifs is 2. The maximum atomic E-state index is 10.6. The number of aryl methyl sites for hydroxylation is 1. The molecule has 0 saturated carbocycles. The van der Waals surface area contributed by atoms with Gasteiger partial charge in [-0.05, 0) is 49.2 Å². The van der Waals surface area contributed by atoms with Crippen molar-refractivity contribution >= 4 is 16.6 Å². The summed E-state index contributed by atoms with van der Waals surface area (Å²) < 4.78 is 11.7. The fourth-order valence-electron chi connectivity index (χ4n) is 3.42. The summed E-state index contributed by atoms with van der Waals surface area (Å²) in [4.78, 5) is 5.37. The van der Waals surface area contributed by atoms with Crippen LogP contribution in [0.5, 0.6) is 11.5 Å². The molecule has 1 aliphatic rings. The van der Waals surface area contributed by atoms with Crippen LogP contribution in [0.2, 0.25) is 0 Å². The lowest BCUT2D eigenvalue weighted by molar-refractivity contribution is 0.113. The molecule has 5 nitrogen and oxygen atoms in total. The van der Waals surface area contributed by atoms with E-state index in [1.807, 2.05) is 36.5 Å². The van der Waals surface area contributed by atoms with Gasteiger partial charge in [0.1, 0.15) is 24.2 Å². The number of hydrogen-bond acceptors (Lipinski definition) is 4. The minimum atomic E-state index is -0.587. The summed E-state index contributed by atoms with van der Waals surface area (Å²) in [5, 5.41) is 11.6. The molecule has 1 aromatic heterocycles. The Morgan fingerprint density at radius 2 is 2.19 bits per heavy atom. The van der Waals surface area contributed by atoms with E-state index in [0.29, 0.717) is 13.2 Å². The summed E-state index contributed by atoms with van der Waals surface area (Å²) in [7, 11) is 0. The Labute approximate surface area is 153 Å².